The van der Waals surface area contributed by atoms with Crippen LogP contribution >= 0.6 is 0 Å². The molecule has 0 aliphatic heterocycles. The van der Waals surface area contributed by atoms with Gasteiger partial charge in [0, 0.05) is 12.5 Å². The summed E-state index contributed by atoms with van der Waals surface area (Å²) in [4.78, 5) is 49.1. The van der Waals surface area contributed by atoms with Crippen LogP contribution in [0.3, 0.4) is 0 Å². The van der Waals surface area contributed by atoms with Gasteiger partial charge in [0.2, 0.25) is 11.8 Å². The first kappa shape index (κ1) is 29.7. The van der Waals surface area contributed by atoms with Gasteiger partial charge in [-0.1, -0.05) is 40.5 Å². The van der Waals surface area contributed by atoms with E-state index in [1.165, 1.54) is 0 Å². The van der Waals surface area contributed by atoms with Crippen LogP contribution < -0.4 is 16.0 Å². The summed E-state index contributed by atoms with van der Waals surface area (Å²) >= 11 is 0. The molecule has 1 rings (SSSR count). The molecule has 0 saturated heterocycles. The maximum absolute atomic E-state index is 12.8. The SMILES string of the molecule is CC[C@@H](C)[C@H](NC(=O)OC(C)(C)C)C(=O)NCC1CCC(C(=O)N[C@H](C(=O)O)[C@@H](C)CC)CC1. The zero-order valence-corrected chi connectivity index (χ0v) is 21.9. The Morgan fingerprint density at radius 2 is 1.44 bits per heavy atom. The van der Waals surface area contributed by atoms with E-state index in [0.29, 0.717) is 25.8 Å². The summed E-state index contributed by atoms with van der Waals surface area (Å²) in [6.45, 7) is 13.4. The lowest BCUT2D eigenvalue weighted by Crippen LogP contribution is -2.52. The van der Waals surface area contributed by atoms with Gasteiger partial charge in [-0.05, 0) is 64.2 Å². The summed E-state index contributed by atoms with van der Waals surface area (Å²) in [5.74, 6) is -1.61. The zero-order chi connectivity index (χ0) is 26.1. The van der Waals surface area contributed by atoms with Crippen LogP contribution in [0.2, 0.25) is 0 Å². The van der Waals surface area contributed by atoms with Crippen LogP contribution in [0.5, 0.6) is 0 Å². The molecule has 0 unspecified atom stereocenters. The molecule has 1 saturated carbocycles. The Morgan fingerprint density at radius 1 is 0.912 bits per heavy atom. The minimum absolute atomic E-state index is 0.0559. The van der Waals surface area contributed by atoms with Gasteiger partial charge in [0.15, 0.2) is 0 Å². The normalized spacial score (nSPS) is 22.0. The first-order valence-electron chi connectivity index (χ1n) is 12.6. The van der Waals surface area contributed by atoms with Crippen molar-refractivity contribution < 1.29 is 29.0 Å². The molecule has 0 aromatic rings. The average molecular weight is 484 g/mol. The van der Waals surface area contributed by atoms with Gasteiger partial charge in [0.25, 0.3) is 0 Å². The van der Waals surface area contributed by atoms with E-state index in [9.17, 15) is 24.3 Å². The van der Waals surface area contributed by atoms with Gasteiger partial charge in [-0.25, -0.2) is 9.59 Å². The van der Waals surface area contributed by atoms with Crippen molar-refractivity contribution in [1.82, 2.24) is 16.0 Å². The van der Waals surface area contributed by atoms with Crippen molar-refractivity contribution in [2.24, 2.45) is 23.7 Å². The molecule has 34 heavy (non-hydrogen) atoms. The number of amides is 3. The summed E-state index contributed by atoms with van der Waals surface area (Å²) < 4.78 is 5.30. The molecule has 9 heteroatoms. The highest BCUT2D eigenvalue weighted by Crippen LogP contribution is 2.29. The summed E-state index contributed by atoms with van der Waals surface area (Å²) in [5.41, 5.74) is -0.648. The molecule has 4 atom stereocenters. The number of alkyl carbamates (subject to hydrolysis) is 1. The molecule has 1 aliphatic rings. The first-order valence-corrected chi connectivity index (χ1v) is 12.6. The maximum Gasteiger partial charge on any atom is 0.408 e. The largest absolute Gasteiger partial charge is 0.480 e. The van der Waals surface area contributed by atoms with Crippen molar-refractivity contribution in [1.29, 1.82) is 0 Å². The standard InChI is InChI=1S/C25H45N3O6/c1-8-15(3)19(28-24(33)34-25(5,6)7)22(30)26-14-17-10-12-18(13-11-17)21(29)27-20(23(31)32)16(4)9-2/h15-20H,8-14H2,1-7H3,(H,26,30)(H,27,29)(H,28,33)(H,31,32)/t15-,16+,17?,18?,19+,20+/m1/s1. The van der Waals surface area contributed by atoms with E-state index < -0.39 is 29.7 Å². The van der Waals surface area contributed by atoms with Gasteiger partial charge in [0.05, 0.1) is 0 Å². The summed E-state index contributed by atoms with van der Waals surface area (Å²) in [6.07, 6.45) is 3.64. The minimum atomic E-state index is -1.00. The highest BCUT2D eigenvalue weighted by Gasteiger charge is 2.32. The van der Waals surface area contributed by atoms with Gasteiger partial charge >= 0.3 is 12.1 Å². The van der Waals surface area contributed by atoms with E-state index >= 15 is 0 Å². The topological polar surface area (TPSA) is 134 Å². The van der Waals surface area contributed by atoms with Crippen molar-refractivity contribution >= 4 is 23.9 Å². The van der Waals surface area contributed by atoms with Crippen LogP contribution in [-0.2, 0) is 19.1 Å². The molecule has 3 amide bonds. The fourth-order valence-corrected chi connectivity index (χ4v) is 4.07. The molecule has 0 aromatic carbocycles. The number of carbonyl (C=O) groups excluding carboxylic acids is 3. The van der Waals surface area contributed by atoms with Crippen LogP contribution in [0.15, 0.2) is 0 Å². The fraction of sp³-hybridized carbons (Fsp3) is 0.840. The molecule has 0 spiro atoms. The third-order valence-electron chi connectivity index (χ3n) is 6.73. The highest BCUT2D eigenvalue weighted by atomic mass is 16.6. The zero-order valence-electron chi connectivity index (χ0n) is 21.9. The summed E-state index contributed by atoms with van der Waals surface area (Å²) in [7, 11) is 0. The van der Waals surface area contributed by atoms with E-state index in [4.69, 9.17) is 4.74 Å². The maximum atomic E-state index is 12.8. The van der Waals surface area contributed by atoms with Gasteiger partial charge in [-0.2, -0.15) is 0 Å². The fourth-order valence-electron chi connectivity index (χ4n) is 4.07. The van der Waals surface area contributed by atoms with E-state index in [-0.39, 0.29) is 35.5 Å². The van der Waals surface area contributed by atoms with Gasteiger partial charge in [-0.15, -0.1) is 0 Å². The predicted octanol–water partition coefficient (Wildman–Crippen LogP) is 3.46. The Kier molecular flexibility index (Phi) is 11.8. The van der Waals surface area contributed by atoms with E-state index in [1.807, 2.05) is 27.7 Å². The van der Waals surface area contributed by atoms with Crippen molar-refractivity contribution in [3.63, 3.8) is 0 Å². The van der Waals surface area contributed by atoms with Crippen LogP contribution in [0.25, 0.3) is 0 Å². The van der Waals surface area contributed by atoms with E-state index in [0.717, 1.165) is 19.3 Å². The van der Waals surface area contributed by atoms with E-state index in [2.05, 4.69) is 16.0 Å². The number of carbonyl (C=O) groups is 4. The molecular formula is C25H45N3O6. The van der Waals surface area contributed by atoms with Crippen LogP contribution in [0.1, 0.15) is 87.0 Å². The number of carboxylic acid groups (broad SMARTS) is 1. The Hall–Kier alpha value is -2.32. The molecular weight excluding hydrogens is 438 g/mol. The Labute approximate surface area is 204 Å². The molecule has 0 aromatic heterocycles. The lowest BCUT2D eigenvalue weighted by atomic mass is 9.81. The lowest BCUT2D eigenvalue weighted by Gasteiger charge is -2.30. The van der Waals surface area contributed by atoms with Crippen molar-refractivity contribution in [3.05, 3.63) is 0 Å². The Morgan fingerprint density at radius 3 is 1.91 bits per heavy atom. The number of nitrogens with one attached hydrogen (secondary N) is 3. The number of ether oxygens (including phenoxy) is 1. The molecule has 1 aliphatic carbocycles. The Balaban J connectivity index is 2.56. The second kappa shape index (κ2) is 13.5. The number of rotatable bonds is 11. The van der Waals surface area contributed by atoms with Crippen molar-refractivity contribution in [3.8, 4) is 0 Å². The van der Waals surface area contributed by atoms with Crippen LogP contribution in [-0.4, -0.2) is 53.2 Å². The van der Waals surface area contributed by atoms with Gasteiger partial charge in [-0.3, -0.25) is 9.59 Å². The predicted molar refractivity (Wildman–Crippen MR) is 130 cm³/mol. The summed E-state index contributed by atoms with van der Waals surface area (Å²) in [6, 6.07) is -1.56. The molecule has 9 nitrogen and oxygen atoms in total. The second-order valence-corrected chi connectivity index (χ2v) is 10.7. The quantitative estimate of drug-likeness (QED) is 0.356. The molecule has 1 fully saturated rings. The number of aliphatic carboxylic acids is 1. The number of hydrogen-bond acceptors (Lipinski definition) is 5. The smallest absolute Gasteiger partial charge is 0.408 e. The van der Waals surface area contributed by atoms with Crippen molar-refractivity contribution in [2.45, 2.75) is 105 Å². The Bertz CT molecular complexity index is 697. The van der Waals surface area contributed by atoms with E-state index in [1.54, 1.807) is 20.8 Å². The molecule has 4 N–H and O–H groups in total. The summed E-state index contributed by atoms with van der Waals surface area (Å²) in [5, 5.41) is 17.8. The number of carboxylic acids is 1. The number of hydrogen-bond donors (Lipinski definition) is 4. The first-order chi connectivity index (χ1) is 15.8. The monoisotopic (exact) mass is 483 g/mol. The van der Waals surface area contributed by atoms with Crippen molar-refractivity contribution in [2.75, 3.05) is 6.54 Å². The molecule has 0 heterocycles. The third-order valence-corrected chi connectivity index (χ3v) is 6.73. The van der Waals surface area contributed by atoms with Crippen LogP contribution in [0.4, 0.5) is 4.79 Å². The lowest BCUT2D eigenvalue weighted by molar-refractivity contribution is -0.144. The van der Waals surface area contributed by atoms with Gasteiger partial charge in [0.1, 0.15) is 17.7 Å². The molecule has 0 bridgehead atoms. The highest BCUT2D eigenvalue weighted by molar-refractivity contribution is 5.86. The molecule has 0 radical (unpaired) electrons. The third kappa shape index (κ3) is 9.89. The van der Waals surface area contributed by atoms with Gasteiger partial charge < -0.3 is 25.8 Å². The van der Waals surface area contributed by atoms with Crippen LogP contribution in [0, 0.1) is 23.7 Å². The second-order valence-electron chi connectivity index (χ2n) is 10.7. The molecule has 196 valence electrons. The average Bonchev–Trinajstić information content (AvgIpc) is 2.77. The minimum Gasteiger partial charge on any atom is -0.480 e.